The van der Waals surface area contributed by atoms with Crippen molar-refractivity contribution in [3.8, 4) is 5.75 Å². The highest BCUT2D eigenvalue weighted by Crippen LogP contribution is 2.36. The van der Waals surface area contributed by atoms with Crippen molar-refractivity contribution in [2.24, 2.45) is 7.05 Å². The van der Waals surface area contributed by atoms with Crippen molar-refractivity contribution in [2.45, 2.75) is 6.18 Å². The summed E-state index contributed by atoms with van der Waals surface area (Å²) >= 11 is 5.57. The number of carbonyl (C=O) groups excluding carboxylic acids is 1. The Labute approximate surface area is 136 Å². The standard InChI is InChI=1S/C12H8ClF3N4O4/c1-19-10(12(14,15)16)8(13)9(18-19)11(22)17-6-3-2-5(20(23)24)4-7(6)21/h2-4,21H,1H3,(H,17,22). The van der Waals surface area contributed by atoms with Crippen molar-refractivity contribution in [1.82, 2.24) is 9.78 Å². The molecule has 2 N–H and O–H groups in total. The van der Waals surface area contributed by atoms with Crippen LogP contribution in [0.15, 0.2) is 18.2 Å². The predicted octanol–water partition coefficient (Wildman–Crippen LogP) is 2.96. The number of carbonyl (C=O) groups is 1. The normalized spacial score (nSPS) is 11.4. The van der Waals surface area contributed by atoms with Crippen LogP contribution >= 0.6 is 11.6 Å². The summed E-state index contributed by atoms with van der Waals surface area (Å²) < 4.78 is 38.9. The van der Waals surface area contributed by atoms with Gasteiger partial charge in [-0.2, -0.15) is 18.3 Å². The Morgan fingerprint density at radius 2 is 2.08 bits per heavy atom. The summed E-state index contributed by atoms with van der Waals surface area (Å²) in [6.45, 7) is 0. The lowest BCUT2D eigenvalue weighted by molar-refractivity contribution is -0.384. The minimum Gasteiger partial charge on any atom is -0.506 e. The molecule has 0 aliphatic carbocycles. The molecule has 2 aromatic rings. The molecular formula is C12H8ClF3N4O4. The average molecular weight is 365 g/mol. The van der Waals surface area contributed by atoms with E-state index in [1.54, 1.807) is 0 Å². The topological polar surface area (TPSA) is 110 Å². The zero-order chi connectivity index (χ0) is 18.2. The van der Waals surface area contributed by atoms with E-state index in [1.807, 2.05) is 0 Å². The van der Waals surface area contributed by atoms with Gasteiger partial charge in [0.2, 0.25) is 0 Å². The Balaban J connectivity index is 2.33. The van der Waals surface area contributed by atoms with E-state index in [1.165, 1.54) is 0 Å². The number of nitro benzene ring substituents is 1. The lowest BCUT2D eigenvalue weighted by atomic mass is 10.2. The Morgan fingerprint density at radius 1 is 1.46 bits per heavy atom. The van der Waals surface area contributed by atoms with Crippen molar-refractivity contribution in [3.63, 3.8) is 0 Å². The smallest absolute Gasteiger partial charge is 0.434 e. The van der Waals surface area contributed by atoms with E-state index in [0.717, 1.165) is 25.2 Å². The van der Waals surface area contributed by atoms with Gasteiger partial charge in [0.1, 0.15) is 10.8 Å². The SMILES string of the molecule is Cn1nc(C(=O)Nc2ccc([N+](=O)[O-])cc2O)c(Cl)c1C(F)(F)F. The fraction of sp³-hybridized carbons (Fsp3) is 0.167. The van der Waals surface area contributed by atoms with E-state index in [0.29, 0.717) is 4.68 Å². The van der Waals surface area contributed by atoms with Crippen molar-refractivity contribution in [2.75, 3.05) is 5.32 Å². The Morgan fingerprint density at radius 3 is 2.54 bits per heavy atom. The fourth-order valence-electron chi connectivity index (χ4n) is 1.87. The highest BCUT2D eigenvalue weighted by Gasteiger charge is 2.40. The molecule has 8 nitrogen and oxygen atoms in total. The number of nitrogens with zero attached hydrogens (tertiary/aromatic N) is 3. The van der Waals surface area contributed by atoms with E-state index in [2.05, 4.69) is 10.4 Å². The zero-order valence-corrected chi connectivity index (χ0v) is 12.5. The third kappa shape index (κ3) is 3.25. The van der Waals surface area contributed by atoms with Gasteiger partial charge >= 0.3 is 6.18 Å². The van der Waals surface area contributed by atoms with Gasteiger partial charge in [0.15, 0.2) is 11.4 Å². The number of aromatic nitrogens is 2. The number of amides is 1. The Hall–Kier alpha value is -2.82. The van der Waals surface area contributed by atoms with E-state index < -0.39 is 44.9 Å². The van der Waals surface area contributed by atoms with Crippen molar-refractivity contribution >= 4 is 28.9 Å². The van der Waals surface area contributed by atoms with Crippen LogP contribution in [0, 0.1) is 10.1 Å². The van der Waals surface area contributed by atoms with Gasteiger partial charge in [-0.25, -0.2) is 0 Å². The predicted molar refractivity (Wildman–Crippen MR) is 75.9 cm³/mol. The first-order chi connectivity index (χ1) is 11.0. The number of aryl methyl sites for hydroxylation is 1. The number of hydrogen-bond donors (Lipinski definition) is 2. The average Bonchev–Trinajstić information content (AvgIpc) is 2.75. The maximum absolute atomic E-state index is 12.8. The highest BCUT2D eigenvalue weighted by molar-refractivity contribution is 6.34. The molecule has 128 valence electrons. The maximum atomic E-state index is 12.8. The molecule has 0 aliphatic heterocycles. The number of non-ortho nitro benzene ring substituents is 1. The third-order valence-corrected chi connectivity index (χ3v) is 3.27. The maximum Gasteiger partial charge on any atom is 0.434 e. The van der Waals surface area contributed by atoms with E-state index in [4.69, 9.17) is 11.6 Å². The number of alkyl halides is 3. The van der Waals surface area contributed by atoms with Gasteiger partial charge in [0, 0.05) is 13.1 Å². The van der Waals surface area contributed by atoms with Crippen LogP contribution in [-0.2, 0) is 13.2 Å². The molecule has 12 heteroatoms. The summed E-state index contributed by atoms with van der Waals surface area (Å²) in [6.07, 6.45) is -4.81. The summed E-state index contributed by atoms with van der Waals surface area (Å²) in [4.78, 5) is 21.8. The quantitative estimate of drug-likeness (QED) is 0.494. The summed E-state index contributed by atoms with van der Waals surface area (Å²) in [5, 5.41) is 24.8. The number of nitrogens with one attached hydrogen (secondary N) is 1. The molecule has 1 aromatic carbocycles. The zero-order valence-electron chi connectivity index (χ0n) is 11.8. The molecule has 1 amide bonds. The second-order valence-corrected chi connectivity index (χ2v) is 4.92. The van der Waals surface area contributed by atoms with Gasteiger partial charge < -0.3 is 10.4 Å². The molecule has 0 fully saturated rings. The molecule has 0 unspecified atom stereocenters. The van der Waals surface area contributed by atoms with E-state index in [-0.39, 0.29) is 5.69 Å². The largest absolute Gasteiger partial charge is 0.506 e. The first-order valence-electron chi connectivity index (χ1n) is 6.10. The van der Waals surface area contributed by atoms with Gasteiger partial charge in [0.05, 0.1) is 16.7 Å². The lowest BCUT2D eigenvalue weighted by Crippen LogP contribution is -2.13. The van der Waals surface area contributed by atoms with Gasteiger partial charge in [-0.3, -0.25) is 19.6 Å². The van der Waals surface area contributed by atoms with Crippen LogP contribution in [0.5, 0.6) is 5.75 Å². The monoisotopic (exact) mass is 364 g/mol. The molecule has 0 bridgehead atoms. The summed E-state index contributed by atoms with van der Waals surface area (Å²) in [5.41, 5.74) is -2.69. The number of rotatable bonds is 3. The molecule has 2 rings (SSSR count). The number of halogens is 4. The Bertz CT molecular complexity index is 834. The third-order valence-electron chi connectivity index (χ3n) is 2.91. The van der Waals surface area contributed by atoms with Crippen molar-refractivity contribution in [1.29, 1.82) is 0 Å². The summed E-state index contributed by atoms with van der Waals surface area (Å²) in [6, 6.07) is 2.79. The summed E-state index contributed by atoms with van der Waals surface area (Å²) in [5.74, 6) is -1.75. The van der Waals surface area contributed by atoms with Crippen LogP contribution in [0.3, 0.4) is 0 Å². The molecule has 1 heterocycles. The number of phenols is 1. The van der Waals surface area contributed by atoms with Crippen LogP contribution in [0.4, 0.5) is 24.5 Å². The van der Waals surface area contributed by atoms with Crippen LogP contribution in [-0.4, -0.2) is 25.7 Å². The lowest BCUT2D eigenvalue weighted by Gasteiger charge is -2.07. The van der Waals surface area contributed by atoms with E-state index in [9.17, 15) is 33.2 Å². The van der Waals surface area contributed by atoms with Crippen LogP contribution in [0.2, 0.25) is 5.02 Å². The molecule has 24 heavy (non-hydrogen) atoms. The molecule has 0 radical (unpaired) electrons. The molecule has 0 saturated carbocycles. The number of aromatic hydroxyl groups is 1. The molecule has 1 aromatic heterocycles. The second-order valence-electron chi connectivity index (χ2n) is 4.55. The number of benzene rings is 1. The second kappa shape index (κ2) is 6.00. The number of anilines is 1. The summed E-state index contributed by atoms with van der Waals surface area (Å²) in [7, 11) is 0.967. The minimum atomic E-state index is -4.81. The minimum absolute atomic E-state index is 0.249. The van der Waals surface area contributed by atoms with Gasteiger partial charge in [0.25, 0.3) is 11.6 Å². The van der Waals surface area contributed by atoms with Crippen molar-refractivity contribution in [3.05, 3.63) is 44.7 Å². The number of phenolic OH excluding ortho intramolecular Hbond substituents is 1. The van der Waals surface area contributed by atoms with E-state index >= 15 is 0 Å². The Kier molecular flexibility index (Phi) is 4.38. The fourth-order valence-corrected chi connectivity index (χ4v) is 2.22. The number of nitro groups is 1. The van der Waals surface area contributed by atoms with Gasteiger partial charge in [-0.05, 0) is 6.07 Å². The first kappa shape index (κ1) is 17.5. The number of hydrogen-bond acceptors (Lipinski definition) is 5. The van der Waals surface area contributed by atoms with Crippen LogP contribution in [0.1, 0.15) is 16.2 Å². The van der Waals surface area contributed by atoms with Crippen LogP contribution < -0.4 is 5.32 Å². The molecular weight excluding hydrogens is 357 g/mol. The molecule has 0 saturated heterocycles. The highest BCUT2D eigenvalue weighted by atomic mass is 35.5. The van der Waals surface area contributed by atoms with Crippen molar-refractivity contribution < 1.29 is 28.0 Å². The first-order valence-corrected chi connectivity index (χ1v) is 6.48. The molecule has 0 aliphatic rings. The molecule has 0 atom stereocenters. The molecule has 0 spiro atoms. The van der Waals surface area contributed by atoms with Crippen LogP contribution in [0.25, 0.3) is 0 Å². The van der Waals surface area contributed by atoms with Gasteiger partial charge in [-0.1, -0.05) is 11.6 Å². The van der Waals surface area contributed by atoms with Gasteiger partial charge in [-0.15, -0.1) is 0 Å².